The average Bonchev–Trinajstić information content (AvgIpc) is 3.41. The molecule has 2 aliphatic heterocycles. The first-order valence-corrected chi connectivity index (χ1v) is 9.46. The average molecular weight is 368 g/mol. The lowest BCUT2D eigenvalue weighted by atomic mass is 10.2. The van der Waals surface area contributed by atoms with Gasteiger partial charge in [0.25, 0.3) is 5.91 Å². The van der Waals surface area contributed by atoms with Crippen molar-refractivity contribution >= 4 is 11.7 Å². The molecule has 2 aromatic heterocycles. The molecule has 0 saturated carbocycles. The highest BCUT2D eigenvalue weighted by molar-refractivity contribution is 5.94. The quantitative estimate of drug-likeness (QED) is 0.842. The number of carbonyl (C=O) groups is 1. The van der Waals surface area contributed by atoms with Crippen molar-refractivity contribution in [2.45, 2.75) is 31.9 Å². The van der Waals surface area contributed by atoms with Crippen LogP contribution in [-0.4, -0.2) is 48.3 Å². The summed E-state index contributed by atoms with van der Waals surface area (Å²) >= 11 is 0. The molecule has 27 heavy (non-hydrogen) atoms. The van der Waals surface area contributed by atoms with Crippen LogP contribution in [0.2, 0.25) is 0 Å². The summed E-state index contributed by atoms with van der Waals surface area (Å²) in [6.07, 6.45) is 6.68. The predicted molar refractivity (Wildman–Crippen MR) is 101 cm³/mol. The monoisotopic (exact) mass is 368 g/mol. The zero-order chi connectivity index (χ0) is 18.5. The van der Waals surface area contributed by atoms with E-state index in [4.69, 9.17) is 9.47 Å². The first kappa shape index (κ1) is 17.7. The van der Waals surface area contributed by atoms with E-state index in [1.165, 1.54) is 12.8 Å². The van der Waals surface area contributed by atoms with Gasteiger partial charge in [0.05, 0.1) is 13.2 Å². The van der Waals surface area contributed by atoms with E-state index >= 15 is 0 Å². The number of hydrogen-bond acceptors (Lipinski definition) is 6. The maximum Gasteiger partial charge on any atom is 0.251 e. The molecule has 0 radical (unpaired) electrons. The fraction of sp³-hybridized carbons (Fsp3) is 0.450. The van der Waals surface area contributed by atoms with Crippen LogP contribution in [0, 0.1) is 0 Å². The van der Waals surface area contributed by atoms with Crippen LogP contribution in [0.25, 0.3) is 0 Å². The number of nitrogens with zero attached hydrogens (tertiary/aromatic N) is 3. The van der Waals surface area contributed by atoms with E-state index in [1.54, 1.807) is 24.5 Å². The normalized spacial score (nSPS) is 19.3. The zero-order valence-electron chi connectivity index (χ0n) is 15.3. The summed E-state index contributed by atoms with van der Waals surface area (Å²) in [6.45, 7) is 3.83. The van der Waals surface area contributed by atoms with Gasteiger partial charge < -0.3 is 19.7 Å². The SMILES string of the molecule is O=C(NCc1ccnc(N2CCCC2)c1)c1ccnc(OC2CCOC2)c1. The van der Waals surface area contributed by atoms with Crippen molar-refractivity contribution < 1.29 is 14.3 Å². The number of ether oxygens (including phenoxy) is 2. The standard InChI is InChI=1S/C20H24N4O3/c25-20(16-4-7-22-19(12-16)27-17-5-10-26-14-17)23-13-15-3-6-21-18(11-15)24-8-1-2-9-24/h3-4,6-7,11-12,17H,1-2,5,8-10,13-14H2,(H,23,25). The second-order valence-corrected chi connectivity index (χ2v) is 6.89. The van der Waals surface area contributed by atoms with Crippen LogP contribution in [0.1, 0.15) is 35.2 Å². The minimum Gasteiger partial charge on any atom is -0.472 e. The van der Waals surface area contributed by atoms with Gasteiger partial charge in [-0.15, -0.1) is 0 Å². The number of nitrogens with one attached hydrogen (secondary N) is 1. The maximum atomic E-state index is 12.5. The Morgan fingerprint density at radius 3 is 2.89 bits per heavy atom. The molecule has 0 aliphatic carbocycles. The van der Waals surface area contributed by atoms with Crippen molar-refractivity contribution in [3.05, 3.63) is 47.8 Å². The molecule has 142 valence electrons. The Bertz CT molecular complexity index is 786. The van der Waals surface area contributed by atoms with E-state index in [2.05, 4.69) is 20.2 Å². The van der Waals surface area contributed by atoms with Crippen LogP contribution in [-0.2, 0) is 11.3 Å². The van der Waals surface area contributed by atoms with E-state index in [-0.39, 0.29) is 12.0 Å². The molecule has 4 heterocycles. The minimum atomic E-state index is -0.149. The fourth-order valence-electron chi connectivity index (χ4n) is 3.37. The summed E-state index contributed by atoms with van der Waals surface area (Å²) in [4.78, 5) is 23.4. The Kier molecular flexibility index (Phi) is 5.48. The molecule has 2 aliphatic rings. The molecular formula is C20H24N4O3. The molecule has 2 aromatic rings. The number of aromatic nitrogens is 2. The van der Waals surface area contributed by atoms with Gasteiger partial charge in [-0.1, -0.05) is 0 Å². The fourth-order valence-corrected chi connectivity index (χ4v) is 3.37. The highest BCUT2D eigenvalue weighted by Crippen LogP contribution is 2.19. The smallest absolute Gasteiger partial charge is 0.251 e. The largest absolute Gasteiger partial charge is 0.472 e. The lowest BCUT2D eigenvalue weighted by molar-refractivity contribution is 0.0949. The third-order valence-corrected chi connectivity index (χ3v) is 4.87. The van der Waals surface area contributed by atoms with Gasteiger partial charge in [0.2, 0.25) is 5.88 Å². The van der Waals surface area contributed by atoms with Crippen LogP contribution in [0.4, 0.5) is 5.82 Å². The number of amides is 1. The van der Waals surface area contributed by atoms with Crippen molar-refractivity contribution in [3.63, 3.8) is 0 Å². The van der Waals surface area contributed by atoms with Crippen molar-refractivity contribution in [1.82, 2.24) is 15.3 Å². The maximum absolute atomic E-state index is 12.5. The van der Waals surface area contributed by atoms with E-state index < -0.39 is 0 Å². The van der Waals surface area contributed by atoms with E-state index in [0.717, 1.165) is 30.9 Å². The highest BCUT2D eigenvalue weighted by atomic mass is 16.5. The molecule has 0 spiro atoms. The summed E-state index contributed by atoms with van der Waals surface area (Å²) < 4.78 is 11.1. The summed E-state index contributed by atoms with van der Waals surface area (Å²) in [5.41, 5.74) is 1.57. The molecule has 0 bridgehead atoms. The molecule has 2 saturated heterocycles. The van der Waals surface area contributed by atoms with Crippen LogP contribution >= 0.6 is 0 Å². The van der Waals surface area contributed by atoms with Gasteiger partial charge in [0, 0.05) is 50.1 Å². The molecule has 1 atom stereocenters. The molecule has 0 aromatic carbocycles. The van der Waals surface area contributed by atoms with Crippen LogP contribution in [0.15, 0.2) is 36.7 Å². The van der Waals surface area contributed by atoms with Gasteiger partial charge in [0.15, 0.2) is 0 Å². The van der Waals surface area contributed by atoms with Crippen molar-refractivity contribution in [1.29, 1.82) is 0 Å². The Balaban J connectivity index is 1.35. The molecule has 2 fully saturated rings. The van der Waals surface area contributed by atoms with E-state index in [1.807, 2.05) is 12.1 Å². The van der Waals surface area contributed by atoms with Gasteiger partial charge in [-0.3, -0.25) is 4.79 Å². The lowest BCUT2D eigenvalue weighted by Crippen LogP contribution is -2.24. The second kappa shape index (κ2) is 8.35. The van der Waals surface area contributed by atoms with E-state index in [0.29, 0.717) is 31.2 Å². The van der Waals surface area contributed by atoms with Gasteiger partial charge in [-0.05, 0) is 36.6 Å². The minimum absolute atomic E-state index is 0.0108. The zero-order valence-corrected chi connectivity index (χ0v) is 15.3. The molecule has 7 heteroatoms. The van der Waals surface area contributed by atoms with Crippen molar-refractivity contribution in [2.75, 3.05) is 31.2 Å². The number of rotatable bonds is 6. The van der Waals surface area contributed by atoms with Crippen LogP contribution < -0.4 is 15.0 Å². The molecule has 4 rings (SSSR count). The molecule has 1 amide bonds. The third kappa shape index (κ3) is 4.54. The van der Waals surface area contributed by atoms with Crippen LogP contribution in [0.5, 0.6) is 5.88 Å². The molecule has 7 nitrogen and oxygen atoms in total. The molecule has 1 unspecified atom stereocenters. The Morgan fingerprint density at radius 1 is 1.22 bits per heavy atom. The Hall–Kier alpha value is -2.67. The number of carbonyl (C=O) groups excluding carboxylic acids is 1. The summed E-state index contributed by atoms with van der Waals surface area (Å²) in [7, 11) is 0. The summed E-state index contributed by atoms with van der Waals surface area (Å²) in [5.74, 6) is 1.29. The first-order valence-electron chi connectivity index (χ1n) is 9.46. The van der Waals surface area contributed by atoms with Gasteiger partial charge >= 0.3 is 0 Å². The molecular weight excluding hydrogens is 344 g/mol. The van der Waals surface area contributed by atoms with E-state index in [9.17, 15) is 4.79 Å². The number of anilines is 1. The Morgan fingerprint density at radius 2 is 2.07 bits per heavy atom. The summed E-state index contributed by atoms with van der Waals surface area (Å²) in [6, 6.07) is 7.35. The van der Waals surface area contributed by atoms with Crippen LogP contribution in [0.3, 0.4) is 0 Å². The van der Waals surface area contributed by atoms with Gasteiger partial charge in [0.1, 0.15) is 11.9 Å². The highest BCUT2D eigenvalue weighted by Gasteiger charge is 2.18. The number of hydrogen-bond donors (Lipinski definition) is 1. The van der Waals surface area contributed by atoms with Gasteiger partial charge in [-0.2, -0.15) is 0 Å². The van der Waals surface area contributed by atoms with Crippen molar-refractivity contribution in [3.8, 4) is 5.88 Å². The van der Waals surface area contributed by atoms with Crippen molar-refractivity contribution in [2.24, 2.45) is 0 Å². The first-order chi connectivity index (χ1) is 13.3. The second-order valence-electron chi connectivity index (χ2n) is 6.89. The topological polar surface area (TPSA) is 76.6 Å². The number of pyridine rings is 2. The predicted octanol–water partition coefficient (Wildman–Crippen LogP) is 2.17. The lowest BCUT2D eigenvalue weighted by Gasteiger charge is -2.17. The third-order valence-electron chi connectivity index (χ3n) is 4.87. The molecule has 1 N–H and O–H groups in total. The Labute approximate surface area is 158 Å². The van der Waals surface area contributed by atoms with Gasteiger partial charge in [-0.25, -0.2) is 9.97 Å². The summed E-state index contributed by atoms with van der Waals surface area (Å²) in [5, 5.41) is 2.96.